The Balaban J connectivity index is 2.28. The molecule has 5 unspecified atom stereocenters. The summed E-state index contributed by atoms with van der Waals surface area (Å²) in [6.07, 6.45) is 1.65. The predicted molar refractivity (Wildman–Crippen MR) is 130 cm³/mol. The minimum Gasteiger partial charge on any atom is -0.480 e. The largest absolute Gasteiger partial charge is 0.480 e. The van der Waals surface area contributed by atoms with Crippen molar-refractivity contribution in [2.24, 2.45) is 11.7 Å². The van der Waals surface area contributed by atoms with E-state index in [0.29, 0.717) is 11.3 Å². The number of carbonyl (C=O) groups excluding carboxylic acids is 3. The Kier molecular flexibility index (Phi) is 10.6. The highest BCUT2D eigenvalue weighted by Crippen LogP contribution is 2.08. The van der Waals surface area contributed by atoms with Gasteiger partial charge in [-0.25, -0.2) is 9.78 Å². The van der Waals surface area contributed by atoms with Crippen LogP contribution in [0.15, 0.2) is 42.9 Å². The maximum absolute atomic E-state index is 13.3. The fourth-order valence-electron chi connectivity index (χ4n) is 3.37. The topological polar surface area (TPSA) is 200 Å². The molecule has 0 aliphatic rings. The number of aliphatic hydroxyl groups excluding tert-OH is 1. The maximum Gasteiger partial charge on any atom is 0.328 e. The van der Waals surface area contributed by atoms with Crippen molar-refractivity contribution in [2.75, 3.05) is 0 Å². The van der Waals surface area contributed by atoms with E-state index in [9.17, 15) is 29.4 Å². The van der Waals surface area contributed by atoms with E-state index < -0.39 is 54.0 Å². The number of aliphatic carboxylic acids is 1. The Morgan fingerprint density at radius 1 is 0.944 bits per heavy atom. The van der Waals surface area contributed by atoms with Crippen molar-refractivity contribution in [1.29, 1.82) is 0 Å². The summed E-state index contributed by atoms with van der Waals surface area (Å²) in [7, 11) is 0. The van der Waals surface area contributed by atoms with Gasteiger partial charge in [-0.3, -0.25) is 14.4 Å². The predicted octanol–water partition coefficient (Wildman–Crippen LogP) is -0.902. The third kappa shape index (κ3) is 8.47. The highest BCUT2D eigenvalue weighted by Gasteiger charge is 2.32. The number of nitrogens with zero attached hydrogens (tertiary/aromatic N) is 1. The first-order chi connectivity index (χ1) is 17.0. The number of carboxylic acid groups (broad SMARTS) is 1. The Morgan fingerprint density at radius 3 is 2.06 bits per heavy atom. The molecule has 1 heterocycles. The van der Waals surface area contributed by atoms with Crippen LogP contribution in [0.2, 0.25) is 0 Å². The first-order valence-corrected chi connectivity index (χ1v) is 11.6. The zero-order chi connectivity index (χ0) is 26.8. The highest BCUT2D eigenvalue weighted by atomic mass is 16.4. The molecule has 0 radical (unpaired) electrons. The summed E-state index contributed by atoms with van der Waals surface area (Å²) in [5.41, 5.74) is 7.21. The summed E-state index contributed by atoms with van der Waals surface area (Å²) in [5.74, 6) is -3.60. The summed E-state index contributed by atoms with van der Waals surface area (Å²) in [4.78, 5) is 57.2. The number of aliphatic hydroxyl groups is 1. The molecule has 12 heteroatoms. The van der Waals surface area contributed by atoms with Gasteiger partial charge in [0.15, 0.2) is 6.04 Å². The molecule has 5 atom stereocenters. The molecule has 0 fully saturated rings. The van der Waals surface area contributed by atoms with Crippen molar-refractivity contribution >= 4 is 23.7 Å². The lowest BCUT2D eigenvalue weighted by atomic mass is 10.0. The van der Waals surface area contributed by atoms with Gasteiger partial charge in [0, 0.05) is 24.7 Å². The third-order valence-corrected chi connectivity index (χ3v) is 5.59. The first kappa shape index (κ1) is 28.5. The molecular weight excluding hydrogens is 468 g/mol. The van der Waals surface area contributed by atoms with Gasteiger partial charge < -0.3 is 36.9 Å². The van der Waals surface area contributed by atoms with Gasteiger partial charge in [-0.1, -0.05) is 44.2 Å². The number of carbonyl (C=O) groups is 4. The average Bonchev–Trinajstić information content (AvgIpc) is 3.34. The van der Waals surface area contributed by atoms with Crippen LogP contribution < -0.4 is 21.7 Å². The minimum absolute atomic E-state index is 0.0425. The zero-order valence-electron chi connectivity index (χ0n) is 20.5. The minimum atomic E-state index is -1.57. The van der Waals surface area contributed by atoms with Crippen LogP contribution in [0.5, 0.6) is 0 Å². The van der Waals surface area contributed by atoms with Crippen molar-refractivity contribution < 1.29 is 29.4 Å². The van der Waals surface area contributed by atoms with Gasteiger partial charge in [-0.05, 0) is 18.4 Å². The monoisotopic (exact) mass is 502 g/mol. The maximum atomic E-state index is 13.3. The summed E-state index contributed by atoms with van der Waals surface area (Å²) in [6, 6.07) is 4.10. The number of rotatable bonds is 13. The average molecular weight is 503 g/mol. The number of H-pyrrole nitrogens is 1. The molecule has 2 rings (SSSR count). The van der Waals surface area contributed by atoms with E-state index in [1.54, 1.807) is 44.2 Å². The number of aromatic nitrogens is 2. The number of benzene rings is 1. The molecule has 0 bridgehead atoms. The van der Waals surface area contributed by atoms with Crippen LogP contribution in [0.1, 0.15) is 32.0 Å². The number of nitrogens with two attached hydrogens (primary N) is 1. The first-order valence-electron chi connectivity index (χ1n) is 11.6. The zero-order valence-corrected chi connectivity index (χ0v) is 20.5. The standard InChI is InChI=1S/C24H34N6O6/c1-13(2)19(25)23(34)29-18(10-16-11-26-12-27-16)21(32)28-17(9-15-7-5-4-6-8-15)22(33)30-20(14(3)31)24(35)36/h4-8,11-14,17-20,31H,9-10,25H2,1-3H3,(H,26,27)(H,28,32)(H,29,34)(H,30,33)(H,35,36). The molecule has 0 aliphatic heterocycles. The Morgan fingerprint density at radius 2 is 1.53 bits per heavy atom. The number of carboxylic acids is 1. The molecule has 12 nitrogen and oxygen atoms in total. The van der Waals surface area contributed by atoms with Gasteiger partial charge in [0.05, 0.1) is 18.5 Å². The number of aromatic amines is 1. The van der Waals surface area contributed by atoms with Gasteiger partial charge in [0.1, 0.15) is 12.1 Å². The fraction of sp³-hybridized carbons (Fsp3) is 0.458. The second-order valence-corrected chi connectivity index (χ2v) is 8.93. The molecule has 36 heavy (non-hydrogen) atoms. The van der Waals surface area contributed by atoms with E-state index in [1.807, 2.05) is 0 Å². The van der Waals surface area contributed by atoms with E-state index in [-0.39, 0.29) is 18.8 Å². The van der Waals surface area contributed by atoms with Gasteiger partial charge in [0.2, 0.25) is 17.7 Å². The normalized spacial score (nSPS) is 15.3. The number of amides is 3. The van der Waals surface area contributed by atoms with Crippen LogP contribution in [0.4, 0.5) is 0 Å². The summed E-state index contributed by atoms with van der Waals surface area (Å²) < 4.78 is 0. The molecule has 0 saturated heterocycles. The van der Waals surface area contributed by atoms with Crippen LogP contribution in [-0.2, 0) is 32.0 Å². The van der Waals surface area contributed by atoms with Crippen molar-refractivity contribution in [3.8, 4) is 0 Å². The molecule has 196 valence electrons. The molecular formula is C24H34N6O6. The number of imidazole rings is 1. The van der Waals surface area contributed by atoms with Crippen LogP contribution in [0.3, 0.4) is 0 Å². The highest BCUT2D eigenvalue weighted by molar-refractivity contribution is 5.94. The molecule has 8 N–H and O–H groups in total. The van der Waals surface area contributed by atoms with Crippen LogP contribution >= 0.6 is 0 Å². The molecule has 0 aliphatic carbocycles. The third-order valence-electron chi connectivity index (χ3n) is 5.59. The SMILES string of the molecule is CC(C)C(N)C(=O)NC(Cc1cnc[nH]1)C(=O)NC(Cc1ccccc1)C(=O)NC(C(=O)O)C(C)O. The number of hydrogen-bond acceptors (Lipinski definition) is 7. The molecule has 1 aromatic carbocycles. The lowest BCUT2D eigenvalue weighted by Crippen LogP contribution is -2.59. The molecule has 2 aromatic rings. The van der Waals surface area contributed by atoms with E-state index in [1.165, 1.54) is 19.4 Å². The van der Waals surface area contributed by atoms with E-state index in [0.717, 1.165) is 0 Å². The van der Waals surface area contributed by atoms with Gasteiger partial charge in [-0.15, -0.1) is 0 Å². The Bertz CT molecular complexity index is 1010. The van der Waals surface area contributed by atoms with E-state index in [2.05, 4.69) is 25.9 Å². The van der Waals surface area contributed by atoms with Gasteiger partial charge >= 0.3 is 5.97 Å². The van der Waals surface area contributed by atoms with Crippen LogP contribution in [0.25, 0.3) is 0 Å². The van der Waals surface area contributed by atoms with Crippen molar-refractivity contribution in [2.45, 2.75) is 63.9 Å². The van der Waals surface area contributed by atoms with Crippen molar-refractivity contribution in [3.63, 3.8) is 0 Å². The molecule has 1 aromatic heterocycles. The van der Waals surface area contributed by atoms with Crippen molar-refractivity contribution in [3.05, 3.63) is 54.1 Å². The Hall–Kier alpha value is -3.77. The second kappa shape index (κ2) is 13.4. The van der Waals surface area contributed by atoms with E-state index >= 15 is 0 Å². The van der Waals surface area contributed by atoms with Gasteiger partial charge in [-0.2, -0.15) is 0 Å². The molecule has 3 amide bonds. The van der Waals surface area contributed by atoms with Crippen LogP contribution in [0, 0.1) is 5.92 Å². The van der Waals surface area contributed by atoms with Gasteiger partial charge in [0.25, 0.3) is 0 Å². The molecule has 0 spiro atoms. The van der Waals surface area contributed by atoms with Crippen LogP contribution in [-0.4, -0.2) is 74.1 Å². The quantitative estimate of drug-likeness (QED) is 0.183. The number of hydrogen-bond donors (Lipinski definition) is 7. The number of nitrogens with one attached hydrogen (secondary N) is 4. The Labute approximate surface area is 209 Å². The smallest absolute Gasteiger partial charge is 0.328 e. The fourth-order valence-corrected chi connectivity index (χ4v) is 3.37. The summed E-state index contributed by atoms with van der Waals surface area (Å²) in [6.45, 7) is 4.78. The lowest BCUT2D eigenvalue weighted by Gasteiger charge is -2.26. The summed E-state index contributed by atoms with van der Waals surface area (Å²) >= 11 is 0. The lowest BCUT2D eigenvalue weighted by molar-refractivity contribution is -0.145. The second-order valence-electron chi connectivity index (χ2n) is 8.93. The van der Waals surface area contributed by atoms with E-state index in [4.69, 9.17) is 5.73 Å². The van der Waals surface area contributed by atoms with Crippen molar-refractivity contribution in [1.82, 2.24) is 25.9 Å². The summed E-state index contributed by atoms with van der Waals surface area (Å²) in [5, 5.41) is 26.6. The molecule has 0 saturated carbocycles.